The standard InChI is InChI=1S/C26H31F3N4O3/c1-7-8-13-36-21-11-9-17(25(3,4)5)14-19(21)30-24(34)23-16(2)33(32-31-23)20-15-18(26(27,28)29)10-12-22(20)35-6/h9-12,14-15H,7-8,13H2,1-6H3,(H,30,34). The van der Waals surface area contributed by atoms with Gasteiger partial charge < -0.3 is 14.8 Å². The monoisotopic (exact) mass is 504 g/mol. The zero-order valence-corrected chi connectivity index (χ0v) is 21.3. The number of rotatable bonds is 8. The predicted octanol–water partition coefficient (Wildman–Crippen LogP) is 6.33. The van der Waals surface area contributed by atoms with Gasteiger partial charge in [0, 0.05) is 0 Å². The van der Waals surface area contributed by atoms with Crippen LogP contribution in [-0.2, 0) is 11.6 Å². The molecule has 194 valence electrons. The average Bonchev–Trinajstić information content (AvgIpc) is 3.19. The van der Waals surface area contributed by atoms with E-state index in [4.69, 9.17) is 9.47 Å². The maximum Gasteiger partial charge on any atom is 0.416 e. The molecule has 1 heterocycles. The molecule has 0 fully saturated rings. The molecule has 36 heavy (non-hydrogen) atoms. The molecule has 0 saturated carbocycles. The second kappa shape index (κ2) is 10.6. The summed E-state index contributed by atoms with van der Waals surface area (Å²) < 4.78 is 52.2. The van der Waals surface area contributed by atoms with Crippen LogP contribution in [0.1, 0.15) is 67.8 Å². The lowest BCUT2D eigenvalue weighted by Gasteiger charge is -2.21. The third kappa shape index (κ3) is 5.98. The minimum atomic E-state index is -4.55. The number of unbranched alkanes of at least 4 members (excludes halogenated alkanes) is 1. The van der Waals surface area contributed by atoms with E-state index in [0.29, 0.717) is 18.0 Å². The number of aromatic nitrogens is 3. The maximum absolute atomic E-state index is 13.3. The van der Waals surface area contributed by atoms with E-state index in [-0.39, 0.29) is 28.2 Å². The van der Waals surface area contributed by atoms with Crippen LogP contribution in [0, 0.1) is 6.92 Å². The van der Waals surface area contributed by atoms with E-state index >= 15 is 0 Å². The number of hydrogen-bond acceptors (Lipinski definition) is 5. The Labute approximate surface area is 208 Å². The molecule has 1 amide bonds. The number of anilines is 1. The van der Waals surface area contributed by atoms with Crippen LogP contribution in [0.4, 0.5) is 18.9 Å². The number of ether oxygens (including phenoxy) is 2. The molecule has 0 saturated heterocycles. The number of halogens is 3. The van der Waals surface area contributed by atoms with Gasteiger partial charge in [0.25, 0.3) is 5.91 Å². The number of amides is 1. The molecular formula is C26H31F3N4O3. The summed E-state index contributed by atoms with van der Waals surface area (Å²) >= 11 is 0. The number of carbonyl (C=O) groups excluding carboxylic acids is 1. The molecule has 10 heteroatoms. The molecule has 0 aliphatic heterocycles. The van der Waals surface area contributed by atoms with Gasteiger partial charge in [-0.2, -0.15) is 13.2 Å². The predicted molar refractivity (Wildman–Crippen MR) is 131 cm³/mol. The molecule has 0 radical (unpaired) electrons. The Balaban J connectivity index is 1.97. The van der Waals surface area contributed by atoms with E-state index in [2.05, 4.69) is 43.3 Å². The normalized spacial score (nSPS) is 11.9. The van der Waals surface area contributed by atoms with E-state index in [9.17, 15) is 18.0 Å². The summed E-state index contributed by atoms with van der Waals surface area (Å²) in [5.74, 6) is 0.123. The Kier molecular flexibility index (Phi) is 7.96. The van der Waals surface area contributed by atoms with Gasteiger partial charge in [0.1, 0.15) is 17.2 Å². The van der Waals surface area contributed by atoms with Gasteiger partial charge >= 0.3 is 6.18 Å². The lowest BCUT2D eigenvalue weighted by molar-refractivity contribution is -0.137. The van der Waals surface area contributed by atoms with Crippen molar-refractivity contribution in [2.45, 2.75) is 59.1 Å². The van der Waals surface area contributed by atoms with Gasteiger partial charge in [-0.25, -0.2) is 4.68 Å². The summed E-state index contributed by atoms with van der Waals surface area (Å²) in [5.41, 5.74) is 0.687. The number of carbonyl (C=O) groups is 1. The number of nitrogens with one attached hydrogen (secondary N) is 1. The number of benzene rings is 2. The molecule has 1 aromatic heterocycles. The SMILES string of the molecule is CCCCOc1ccc(C(C)(C)C)cc1NC(=O)c1nnn(-c2cc(C(F)(F)F)ccc2OC)c1C. The quantitative estimate of drug-likeness (QED) is 0.363. The fourth-order valence-corrected chi connectivity index (χ4v) is 3.53. The first kappa shape index (κ1) is 27.0. The van der Waals surface area contributed by atoms with Crippen molar-refractivity contribution < 1.29 is 27.4 Å². The molecule has 0 spiro atoms. The molecule has 7 nitrogen and oxygen atoms in total. The summed E-state index contributed by atoms with van der Waals surface area (Å²) in [4.78, 5) is 13.2. The Bertz CT molecular complexity index is 1230. The minimum absolute atomic E-state index is 0.0229. The van der Waals surface area contributed by atoms with Gasteiger partial charge in [-0.1, -0.05) is 45.4 Å². The minimum Gasteiger partial charge on any atom is -0.494 e. The highest BCUT2D eigenvalue weighted by atomic mass is 19.4. The van der Waals surface area contributed by atoms with Crippen molar-refractivity contribution in [3.8, 4) is 17.2 Å². The molecule has 1 N–H and O–H groups in total. The van der Waals surface area contributed by atoms with Crippen LogP contribution >= 0.6 is 0 Å². The van der Waals surface area contributed by atoms with Crippen molar-refractivity contribution >= 4 is 11.6 Å². The topological polar surface area (TPSA) is 78.3 Å². The second-order valence-corrected chi connectivity index (χ2v) is 9.44. The molecule has 0 aliphatic carbocycles. The van der Waals surface area contributed by atoms with Crippen LogP contribution in [-0.4, -0.2) is 34.6 Å². The average molecular weight is 505 g/mol. The number of alkyl halides is 3. The summed E-state index contributed by atoms with van der Waals surface area (Å²) in [5, 5.41) is 10.7. The lowest BCUT2D eigenvalue weighted by Crippen LogP contribution is -2.17. The third-order valence-electron chi connectivity index (χ3n) is 5.69. The van der Waals surface area contributed by atoms with Crippen LogP contribution in [0.25, 0.3) is 5.69 Å². The molecule has 0 bridgehead atoms. The molecular weight excluding hydrogens is 473 g/mol. The zero-order chi connectivity index (χ0) is 26.7. The third-order valence-corrected chi connectivity index (χ3v) is 5.69. The van der Waals surface area contributed by atoms with E-state index < -0.39 is 17.6 Å². The van der Waals surface area contributed by atoms with E-state index in [1.165, 1.54) is 13.2 Å². The summed E-state index contributed by atoms with van der Waals surface area (Å²) in [6.45, 7) is 10.3. The Morgan fingerprint density at radius 1 is 1.06 bits per heavy atom. The Hall–Kier alpha value is -3.56. The van der Waals surface area contributed by atoms with E-state index in [1.807, 2.05) is 18.2 Å². The van der Waals surface area contributed by atoms with Crippen molar-refractivity contribution in [2.24, 2.45) is 0 Å². The highest BCUT2D eigenvalue weighted by Gasteiger charge is 2.32. The zero-order valence-electron chi connectivity index (χ0n) is 21.3. The van der Waals surface area contributed by atoms with E-state index in [1.54, 1.807) is 6.92 Å². The molecule has 3 rings (SSSR count). The first-order valence-corrected chi connectivity index (χ1v) is 11.6. The molecule has 3 aromatic rings. The van der Waals surface area contributed by atoms with Gasteiger partial charge in [0.15, 0.2) is 5.69 Å². The highest BCUT2D eigenvalue weighted by Crippen LogP contribution is 2.35. The first-order chi connectivity index (χ1) is 16.9. The number of methoxy groups -OCH3 is 1. The van der Waals surface area contributed by atoms with E-state index in [0.717, 1.165) is 35.2 Å². The Morgan fingerprint density at radius 3 is 2.33 bits per heavy atom. The van der Waals surface area contributed by atoms with Gasteiger partial charge in [-0.3, -0.25) is 4.79 Å². The summed E-state index contributed by atoms with van der Waals surface area (Å²) in [7, 11) is 1.34. The van der Waals surface area contributed by atoms with Gasteiger partial charge in [0.2, 0.25) is 0 Å². The first-order valence-electron chi connectivity index (χ1n) is 11.6. The number of hydrogen-bond donors (Lipinski definition) is 1. The lowest BCUT2D eigenvalue weighted by atomic mass is 9.87. The van der Waals surface area contributed by atoms with Gasteiger partial charge in [-0.05, 0) is 54.7 Å². The largest absolute Gasteiger partial charge is 0.494 e. The van der Waals surface area contributed by atoms with Crippen molar-refractivity contribution in [1.29, 1.82) is 0 Å². The van der Waals surface area contributed by atoms with Gasteiger partial charge in [0.05, 0.1) is 30.7 Å². The maximum atomic E-state index is 13.3. The smallest absolute Gasteiger partial charge is 0.416 e. The van der Waals surface area contributed by atoms with Crippen LogP contribution in [0.15, 0.2) is 36.4 Å². The second-order valence-electron chi connectivity index (χ2n) is 9.44. The van der Waals surface area contributed by atoms with Crippen molar-refractivity contribution in [1.82, 2.24) is 15.0 Å². The molecule has 0 atom stereocenters. The summed E-state index contributed by atoms with van der Waals surface area (Å²) in [6, 6.07) is 8.67. The molecule has 0 aliphatic rings. The van der Waals surface area contributed by atoms with Crippen LogP contribution in [0.5, 0.6) is 11.5 Å². The molecule has 0 unspecified atom stereocenters. The number of nitrogens with zero attached hydrogens (tertiary/aromatic N) is 3. The van der Waals surface area contributed by atoms with Crippen molar-refractivity contribution in [3.05, 3.63) is 58.9 Å². The fourth-order valence-electron chi connectivity index (χ4n) is 3.53. The van der Waals surface area contributed by atoms with Crippen LogP contribution in [0.3, 0.4) is 0 Å². The highest BCUT2D eigenvalue weighted by molar-refractivity contribution is 6.04. The van der Waals surface area contributed by atoms with Crippen LogP contribution < -0.4 is 14.8 Å². The van der Waals surface area contributed by atoms with Crippen molar-refractivity contribution in [2.75, 3.05) is 19.0 Å². The van der Waals surface area contributed by atoms with Crippen molar-refractivity contribution in [3.63, 3.8) is 0 Å². The summed E-state index contributed by atoms with van der Waals surface area (Å²) in [6.07, 6.45) is -2.73. The fraction of sp³-hybridized carbons (Fsp3) is 0.423. The Morgan fingerprint density at radius 2 is 1.72 bits per heavy atom. The molecule has 2 aromatic carbocycles. The van der Waals surface area contributed by atoms with Gasteiger partial charge in [-0.15, -0.1) is 5.10 Å². The van der Waals surface area contributed by atoms with Crippen LogP contribution in [0.2, 0.25) is 0 Å².